The van der Waals surface area contributed by atoms with E-state index >= 15 is 0 Å². The topological polar surface area (TPSA) is 33.0 Å². The average molecular weight is 337 g/mol. The van der Waals surface area contributed by atoms with Crippen LogP contribution < -0.4 is 26.9 Å². The van der Waals surface area contributed by atoms with Crippen LogP contribution in [0.25, 0.3) is 0 Å². The molecule has 0 aliphatic carbocycles. The number of nitrogens with zero attached hydrogens (tertiary/aromatic N) is 1. The smallest absolute Gasteiger partial charge is 0.234 e. The molecule has 0 fully saturated rings. The number of aromatic nitrogens is 1. The lowest BCUT2D eigenvalue weighted by Gasteiger charge is -2.14. The molecule has 1 amide bonds. The number of benzene rings is 1. The summed E-state index contributed by atoms with van der Waals surface area (Å²) < 4.78 is 2.08. The van der Waals surface area contributed by atoms with Gasteiger partial charge in [0.2, 0.25) is 5.91 Å². The molecule has 2 heterocycles. The minimum atomic E-state index is 0. The second-order valence-electron chi connectivity index (χ2n) is 4.22. The zero-order valence-electron chi connectivity index (χ0n) is 10.2. The Balaban J connectivity index is 0.00000133. The summed E-state index contributed by atoms with van der Waals surface area (Å²) in [5.74, 6) is 0.584. The second kappa shape index (κ2) is 6.21. The van der Waals surface area contributed by atoms with Crippen molar-refractivity contribution in [3.8, 4) is 0 Å². The van der Waals surface area contributed by atoms with Crippen LogP contribution in [0.3, 0.4) is 0 Å². The van der Waals surface area contributed by atoms with Crippen LogP contribution in [0, 0.1) is 0 Å². The van der Waals surface area contributed by atoms with Gasteiger partial charge in [-0.1, -0.05) is 30.3 Å². The van der Waals surface area contributed by atoms with Gasteiger partial charge in [0.1, 0.15) is 5.69 Å². The lowest BCUT2D eigenvalue weighted by atomic mass is 10.2. The summed E-state index contributed by atoms with van der Waals surface area (Å²) in [6.45, 7) is 0.814. The second-order valence-corrected chi connectivity index (χ2v) is 5.23. The number of pyridine rings is 1. The number of carbonyl (C=O) groups is 1. The Kier molecular flexibility index (Phi) is 4.61. The highest BCUT2D eigenvalue weighted by molar-refractivity contribution is 8.00. The van der Waals surface area contributed by atoms with Crippen LogP contribution in [-0.2, 0) is 11.3 Å². The van der Waals surface area contributed by atoms with Crippen molar-refractivity contribution < 1.29 is 26.3 Å². The minimum absolute atomic E-state index is 0. The van der Waals surface area contributed by atoms with Crippen LogP contribution in [0.4, 0.5) is 5.69 Å². The normalized spacial score (nSPS) is 13.2. The van der Waals surface area contributed by atoms with Gasteiger partial charge in [0, 0.05) is 16.5 Å². The first-order valence-corrected chi connectivity index (χ1v) is 6.79. The zero-order valence-corrected chi connectivity index (χ0v) is 12.6. The summed E-state index contributed by atoms with van der Waals surface area (Å²) in [7, 11) is 0. The van der Waals surface area contributed by atoms with E-state index in [9.17, 15) is 4.79 Å². The molecule has 0 atom stereocenters. The van der Waals surface area contributed by atoms with Crippen molar-refractivity contribution in [2.75, 3.05) is 11.1 Å². The van der Waals surface area contributed by atoms with Crippen molar-refractivity contribution in [3.05, 3.63) is 54.4 Å². The van der Waals surface area contributed by atoms with Crippen molar-refractivity contribution >= 4 is 23.4 Å². The average Bonchev–Trinajstić information content (AvgIpc) is 2.39. The van der Waals surface area contributed by atoms with E-state index in [1.807, 2.05) is 24.4 Å². The highest BCUT2D eigenvalue weighted by atomic mass is 79.9. The van der Waals surface area contributed by atoms with Gasteiger partial charge in [-0.25, -0.2) is 0 Å². The molecule has 1 aromatic carbocycles. The number of fused-ring (bicyclic) bond motifs is 1. The first kappa shape index (κ1) is 14.1. The lowest BCUT2D eigenvalue weighted by molar-refractivity contribution is -0.688. The molecule has 1 N–H and O–H groups in total. The molecule has 0 radical (unpaired) electrons. The number of amides is 1. The van der Waals surface area contributed by atoms with Crippen molar-refractivity contribution in [2.45, 2.75) is 11.4 Å². The van der Waals surface area contributed by atoms with E-state index < -0.39 is 0 Å². The van der Waals surface area contributed by atoms with Crippen molar-refractivity contribution in [1.29, 1.82) is 0 Å². The molecule has 0 unspecified atom stereocenters. The summed E-state index contributed by atoms with van der Waals surface area (Å²) in [5.41, 5.74) is 2.16. The Bertz CT molecular complexity index is 589. The van der Waals surface area contributed by atoms with Gasteiger partial charge in [0.15, 0.2) is 18.9 Å². The number of rotatable bonds is 2. The van der Waals surface area contributed by atoms with Crippen LogP contribution in [0.2, 0.25) is 0 Å². The van der Waals surface area contributed by atoms with Gasteiger partial charge in [0.05, 0.1) is 5.75 Å². The van der Waals surface area contributed by atoms with Gasteiger partial charge in [-0.3, -0.25) is 4.79 Å². The molecule has 0 saturated heterocycles. The Hall–Kier alpha value is -1.33. The van der Waals surface area contributed by atoms with Crippen LogP contribution in [-0.4, -0.2) is 11.7 Å². The number of anilines is 1. The van der Waals surface area contributed by atoms with E-state index in [2.05, 4.69) is 34.3 Å². The zero-order chi connectivity index (χ0) is 12.4. The van der Waals surface area contributed by atoms with Gasteiger partial charge in [-0.05, 0) is 0 Å². The van der Waals surface area contributed by atoms with Crippen molar-refractivity contribution in [1.82, 2.24) is 0 Å². The number of hydrogen-bond acceptors (Lipinski definition) is 2. The Labute approximate surface area is 126 Å². The van der Waals surface area contributed by atoms with E-state index in [1.54, 1.807) is 11.8 Å². The quantitative estimate of drug-likeness (QED) is 0.719. The van der Waals surface area contributed by atoms with Crippen LogP contribution >= 0.6 is 11.8 Å². The van der Waals surface area contributed by atoms with Gasteiger partial charge in [-0.2, -0.15) is 4.57 Å². The summed E-state index contributed by atoms with van der Waals surface area (Å²) in [6, 6.07) is 12.3. The third-order valence-electron chi connectivity index (χ3n) is 2.82. The molecule has 0 bridgehead atoms. The molecule has 3 nitrogen and oxygen atoms in total. The maximum atomic E-state index is 11.4. The fraction of sp³-hybridized carbons (Fsp3) is 0.143. The third kappa shape index (κ3) is 3.36. The molecule has 19 heavy (non-hydrogen) atoms. The molecule has 1 aromatic heterocycles. The standard InChI is InChI=1S/C14H12N2OS.BrH/c17-14-10-18-13-6-7-16(9-12(13)15-14)8-11-4-2-1-3-5-11;/h1-7,9H,8,10H2;1H. The molecule has 3 rings (SSSR count). The fourth-order valence-corrected chi connectivity index (χ4v) is 2.74. The maximum absolute atomic E-state index is 11.4. The molecule has 2 aromatic rings. The summed E-state index contributed by atoms with van der Waals surface area (Å²) >= 11 is 1.59. The summed E-state index contributed by atoms with van der Waals surface area (Å²) in [4.78, 5) is 12.5. The molecule has 1 aliphatic rings. The first-order chi connectivity index (χ1) is 8.81. The number of halogens is 1. The van der Waals surface area contributed by atoms with E-state index in [1.165, 1.54) is 5.56 Å². The SMILES string of the molecule is O=C1CSc2cc[n+](Cc3ccccc3)cc2N1.[Br-]. The molecule has 98 valence electrons. The van der Waals surface area contributed by atoms with E-state index in [0.717, 1.165) is 17.1 Å². The minimum Gasteiger partial charge on any atom is -1.00 e. The lowest BCUT2D eigenvalue weighted by Crippen LogP contribution is -3.00. The van der Waals surface area contributed by atoms with Gasteiger partial charge in [-0.15, -0.1) is 11.8 Å². The molecule has 0 saturated carbocycles. The van der Waals surface area contributed by atoms with Gasteiger partial charge >= 0.3 is 0 Å². The molecular formula is C14H13BrN2OS. The number of hydrogen-bond donors (Lipinski definition) is 1. The Morgan fingerprint density at radius 3 is 2.79 bits per heavy atom. The monoisotopic (exact) mass is 336 g/mol. The summed E-state index contributed by atoms with van der Waals surface area (Å²) in [6.07, 6.45) is 4.04. The van der Waals surface area contributed by atoms with Crippen molar-refractivity contribution in [2.24, 2.45) is 0 Å². The van der Waals surface area contributed by atoms with E-state index in [4.69, 9.17) is 0 Å². The number of nitrogens with one attached hydrogen (secondary N) is 1. The van der Waals surface area contributed by atoms with E-state index in [0.29, 0.717) is 5.75 Å². The van der Waals surface area contributed by atoms with Gasteiger partial charge < -0.3 is 22.3 Å². The predicted molar refractivity (Wildman–Crippen MR) is 71.5 cm³/mol. The Morgan fingerprint density at radius 2 is 2.00 bits per heavy atom. The third-order valence-corrected chi connectivity index (χ3v) is 3.89. The van der Waals surface area contributed by atoms with Crippen molar-refractivity contribution in [3.63, 3.8) is 0 Å². The van der Waals surface area contributed by atoms with Crippen LogP contribution in [0.1, 0.15) is 5.56 Å². The first-order valence-electron chi connectivity index (χ1n) is 5.81. The molecular weight excluding hydrogens is 324 g/mol. The maximum Gasteiger partial charge on any atom is 0.234 e. The molecule has 0 spiro atoms. The molecule has 1 aliphatic heterocycles. The fourth-order valence-electron chi connectivity index (χ4n) is 1.97. The number of carbonyl (C=O) groups excluding carboxylic acids is 1. The largest absolute Gasteiger partial charge is 1.00 e. The van der Waals surface area contributed by atoms with Crippen LogP contribution in [0.5, 0.6) is 0 Å². The molecule has 5 heteroatoms. The summed E-state index contributed by atoms with van der Waals surface area (Å²) in [5, 5.41) is 2.91. The number of thioether (sulfide) groups is 1. The van der Waals surface area contributed by atoms with E-state index in [-0.39, 0.29) is 22.9 Å². The van der Waals surface area contributed by atoms with Crippen LogP contribution in [0.15, 0.2) is 53.7 Å². The van der Waals surface area contributed by atoms with Gasteiger partial charge in [0.25, 0.3) is 0 Å². The highest BCUT2D eigenvalue weighted by Crippen LogP contribution is 2.29. The highest BCUT2D eigenvalue weighted by Gasteiger charge is 2.18. The predicted octanol–water partition coefficient (Wildman–Crippen LogP) is -0.929. The Morgan fingerprint density at radius 1 is 1.21 bits per heavy atom.